The Kier molecular flexibility index (Phi) is 3.76. The molecule has 0 heterocycles. The summed E-state index contributed by atoms with van der Waals surface area (Å²) in [5.41, 5.74) is 5.79. The Labute approximate surface area is 78.6 Å². The molecule has 1 rings (SSSR count). The highest BCUT2D eigenvalue weighted by atomic mass is 16.2. The van der Waals surface area contributed by atoms with E-state index in [9.17, 15) is 4.79 Å². The Morgan fingerprint density at radius 2 is 2.38 bits per heavy atom. The van der Waals surface area contributed by atoms with E-state index in [4.69, 9.17) is 5.73 Å². The van der Waals surface area contributed by atoms with E-state index in [1.807, 2.05) is 0 Å². The van der Waals surface area contributed by atoms with Gasteiger partial charge in [0, 0.05) is 18.6 Å². The number of urea groups is 1. The quantitative estimate of drug-likeness (QED) is 0.553. The number of carbonyl (C=O) groups excluding carboxylic acids is 1. The fraction of sp³-hybridized carbons (Fsp3) is 0.667. The normalized spacial score (nSPS) is 26.8. The number of hydrogen-bond donors (Lipinski definition) is 3. The highest BCUT2D eigenvalue weighted by Gasteiger charge is 2.24. The van der Waals surface area contributed by atoms with Crippen molar-refractivity contribution in [3.05, 3.63) is 12.7 Å². The average Bonchev–Trinajstić information content (AvgIpc) is 2.48. The van der Waals surface area contributed by atoms with Crippen molar-refractivity contribution in [3.63, 3.8) is 0 Å². The fourth-order valence-electron chi connectivity index (χ4n) is 1.55. The molecular weight excluding hydrogens is 166 g/mol. The van der Waals surface area contributed by atoms with Crippen LogP contribution in [0.3, 0.4) is 0 Å². The maximum Gasteiger partial charge on any atom is 0.315 e. The van der Waals surface area contributed by atoms with E-state index in [0.29, 0.717) is 6.54 Å². The van der Waals surface area contributed by atoms with Crippen LogP contribution in [0.1, 0.15) is 19.3 Å². The molecule has 0 saturated heterocycles. The van der Waals surface area contributed by atoms with Crippen LogP contribution in [0.25, 0.3) is 0 Å². The van der Waals surface area contributed by atoms with E-state index >= 15 is 0 Å². The summed E-state index contributed by atoms with van der Waals surface area (Å²) in [6.07, 6.45) is 4.75. The molecule has 0 aliphatic heterocycles. The molecule has 0 aromatic heterocycles. The molecule has 1 aliphatic carbocycles. The van der Waals surface area contributed by atoms with Gasteiger partial charge in [-0.05, 0) is 19.3 Å². The largest absolute Gasteiger partial charge is 0.335 e. The zero-order valence-corrected chi connectivity index (χ0v) is 7.75. The zero-order valence-electron chi connectivity index (χ0n) is 7.75. The fourth-order valence-corrected chi connectivity index (χ4v) is 1.55. The van der Waals surface area contributed by atoms with Gasteiger partial charge >= 0.3 is 6.03 Å². The van der Waals surface area contributed by atoms with Crippen LogP contribution >= 0.6 is 0 Å². The van der Waals surface area contributed by atoms with E-state index in [2.05, 4.69) is 17.2 Å². The predicted molar refractivity (Wildman–Crippen MR) is 52.3 cm³/mol. The van der Waals surface area contributed by atoms with Crippen molar-refractivity contribution < 1.29 is 4.79 Å². The highest BCUT2D eigenvalue weighted by molar-refractivity contribution is 5.74. The van der Waals surface area contributed by atoms with Crippen molar-refractivity contribution in [1.29, 1.82) is 0 Å². The predicted octanol–water partition coefficient (Wildman–Crippen LogP) is 0.351. The number of hydrogen-bond acceptors (Lipinski definition) is 2. The molecular formula is C9H17N3O. The van der Waals surface area contributed by atoms with Crippen LogP contribution in [0.5, 0.6) is 0 Å². The second-order valence-corrected chi connectivity index (χ2v) is 3.34. The minimum absolute atomic E-state index is 0.120. The lowest BCUT2D eigenvalue weighted by molar-refractivity contribution is 0.237. The van der Waals surface area contributed by atoms with Crippen molar-refractivity contribution >= 4 is 6.03 Å². The van der Waals surface area contributed by atoms with E-state index in [1.54, 1.807) is 6.08 Å². The van der Waals surface area contributed by atoms with Gasteiger partial charge in [-0.25, -0.2) is 4.79 Å². The molecule has 2 atom stereocenters. The van der Waals surface area contributed by atoms with E-state index in [1.165, 1.54) is 0 Å². The summed E-state index contributed by atoms with van der Waals surface area (Å²) >= 11 is 0. The number of nitrogens with two attached hydrogens (primary N) is 1. The number of nitrogens with one attached hydrogen (secondary N) is 2. The summed E-state index contributed by atoms with van der Waals surface area (Å²) in [7, 11) is 0. The molecule has 1 saturated carbocycles. The van der Waals surface area contributed by atoms with Gasteiger partial charge in [0.05, 0.1) is 0 Å². The second kappa shape index (κ2) is 4.87. The first-order valence-electron chi connectivity index (χ1n) is 4.65. The van der Waals surface area contributed by atoms with Crippen molar-refractivity contribution in [2.45, 2.75) is 31.3 Å². The molecule has 0 aromatic rings. The van der Waals surface area contributed by atoms with Crippen LogP contribution in [0.15, 0.2) is 12.7 Å². The molecule has 0 bridgehead atoms. The van der Waals surface area contributed by atoms with Gasteiger partial charge in [0.25, 0.3) is 0 Å². The summed E-state index contributed by atoms with van der Waals surface area (Å²) in [6, 6.07) is 0.113. The van der Waals surface area contributed by atoms with Crippen LogP contribution < -0.4 is 16.4 Å². The first-order chi connectivity index (χ1) is 6.24. The number of carbonyl (C=O) groups is 1. The number of amides is 2. The topological polar surface area (TPSA) is 67.2 Å². The molecule has 13 heavy (non-hydrogen) atoms. The van der Waals surface area contributed by atoms with Crippen molar-refractivity contribution in [1.82, 2.24) is 10.6 Å². The van der Waals surface area contributed by atoms with Crippen LogP contribution in [0.4, 0.5) is 4.79 Å². The monoisotopic (exact) mass is 183 g/mol. The molecule has 74 valence electrons. The smallest absolute Gasteiger partial charge is 0.315 e. The molecule has 2 amide bonds. The SMILES string of the molecule is C=CCNC(=O)NC1CCCC1N. The van der Waals surface area contributed by atoms with Crippen LogP contribution in [0.2, 0.25) is 0 Å². The van der Waals surface area contributed by atoms with Gasteiger partial charge in [-0.1, -0.05) is 6.08 Å². The van der Waals surface area contributed by atoms with Gasteiger partial charge in [-0.15, -0.1) is 6.58 Å². The maximum absolute atomic E-state index is 11.2. The van der Waals surface area contributed by atoms with Gasteiger partial charge in [0.1, 0.15) is 0 Å². The van der Waals surface area contributed by atoms with E-state index in [0.717, 1.165) is 19.3 Å². The summed E-state index contributed by atoms with van der Waals surface area (Å²) in [6.45, 7) is 4.01. The van der Waals surface area contributed by atoms with Crippen LogP contribution in [0, 0.1) is 0 Å². The Hall–Kier alpha value is -1.03. The van der Waals surface area contributed by atoms with Crippen molar-refractivity contribution in [3.8, 4) is 0 Å². The lowest BCUT2D eigenvalue weighted by atomic mass is 10.2. The van der Waals surface area contributed by atoms with Crippen molar-refractivity contribution in [2.75, 3.05) is 6.54 Å². The average molecular weight is 183 g/mol. The van der Waals surface area contributed by atoms with Gasteiger partial charge in [0.2, 0.25) is 0 Å². The number of rotatable bonds is 3. The summed E-state index contributed by atoms with van der Waals surface area (Å²) < 4.78 is 0. The Bertz CT molecular complexity index is 193. The molecule has 0 aromatic carbocycles. The minimum atomic E-state index is -0.151. The third-order valence-corrected chi connectivity index (χ3v) is 2.29. The third kappa shape index (κ3) is 3.06. The lowest BCUT2D eigenvalue weighted by Gasteiger charge is -2.17. The summed E-state index contributed by atoms with van der Waals surface area (Å²) in [5.74, 6) is 0. The Balaban J connectivity index is 2.22. The standard InChI is InChI=1S/C9H17N3O/c1-2-6-11-9(13)12-8-5-3-4-7(8)10/h2,7-8H,1,3-6,10H2,(H2,11,12,13). The molecule has 4 nitrogen and oxygen atoms in total. The first kappa shape index (κ1) is 10.1. The Morgan fingerprint density at radius 3 is 2.92 bits per heavy atom. The minimum Gasteiger partial charge on any atom is -0.335 e. The molecule has 4 heteroatoms. The van der Waals surface area contributed by atoms with Crippen LogP contribution in [-0.2, 0) is 0 Å². The molecule has 0 radical (unpaired) electrons. The van der Waals surface area contributed by atoms with Crippen molar-refractivity contribution in [2.24, 2.45) is 5.73 Å². The maximum atomic E-state index is 11.2. The molecule has 2 unspecified atom stereocenters. The Morgan fingerprint density at radius 1 is 1.62 bits per heavy atom. The van der Waals surface area contributed by atoms with Gasteiger partial charge in [-0.2, -0.15) is 0 Å². The van der Waals surface area contributed by atoms with Gasteiger partial charge < -0.3 is 16.4 Å². The first-order valence-corrected chi connectivity index (χ1v) is 4.65. The van der Waals surface area contributed by atoms with E-state index < -0.39 is 0 Å². The zero-order chi connectivity index (χ0) is 9.68. The van der Waals surface area contributed by atoms with Gasteiger partial charge in [0.15, 0.2) is 0 Å². The highest BCUT2D eigenvalue weighted by Crippen LogP contribution is 2.16. The molecule has 0 spiro atoms. The third-order valence-electron chi connectivity index (χ3n) is 2.29. The van der Waals surface area contributed by atoms with E-state index in [-0.39, 0.29) is 18.1 Å². The molecule has 1 fully saturated rings. The summed E-state index contributed by atoms with van der Waals surface area (Å²) in [5, 5.41) is 5.50. The molecule has 4 N–H and O–H groups in total. The lowest BCUT2D eigenvalue weighted by Crippen LogP contribution is -2.48. The second-order valence-electron chi connectivity index (χ2n) is 3.34. The summed E-state index contributed by atoms with van der Waals surface area (Å²) in [4.78, 5) is 11.2. The van der Waals surface area contributed by atoms with Crippen LogP contribution in [-0.4, -0.2) is 24.7 Å². The van der Waals surface area contributed by atoms with Gasteiger partial charge in [-0.3, -0.25) is 0 Å². The molecule has 1 aliphatic rings.